The number of carbonyl (C=O) groups is 1. The maximum Gasteiger partial charge on any atom is 0.316 e. The molecule has 1 unspecified atom stereocenters. The molecule has 66 valence electrons. The number of thioether (sulfide) groups is 1. The standard InChI is InChI=1S/C8H16O2S/c1-6(2)7(3)10-8(9)5-11-4/h6-7H,5H2,1-4H3. The van der Waals surface area contributed by atoms with E-state index >= 15 is 0 Å². The fraction of sp³-hybridized carbons (Fsp3) is 0.875. The van der Waals surface area contributed by atoms with Crippen LogP contribution in [0, 0.1) is 5.92 Å². The zero-order valence-electron chi connectivity index (χ0n) is 7.59. The summed E-state index contributed by atoms with van der Waals surface area (Å²) in [6, 6.07) is 0. The van der Waals surface area contributed by atoms with Crippen LogP contribution < -0.4 is 0 Å². The molecule has 11 heavy (non-hydrogen) atoms. The molecule has 0 radical (unpaired) electrons. The second-order valence-corrected chi connectivity index (χ2v) is 3.74. The highest BCUT2D eigenvalue weighted by Gasteiger charge is 2.11. The van der Waals surface area contributed by atoms with E-state index in [1.807, 2.05) is 27.0 Å². The highest BCUT2D eigenvalue weighted by Crippen LogP contribution is 2.06. The van der Waals surface area contributed by atoms with Crippen LogP contribution in [0.15, 0.2) is 0 Å². The second kappa shape index (κ2) is 5.47. The number of esters is 1. The summed E-state index contributed by atoms with van der Waals surface area (Å²) in [6.45, 7) is 6.00. The normalized spacial score (nSPS) is 13.2. The molecule has 0 aromatic rings. The summed E-state index contributed by atoms with van der Waals surface area (Å²) in [5, 5.41) is 0. The van der Waals surface area contributed by atoms with Gasteiger partial charge in [-0.1, -0.05) is 13.8 Å². The van der Waals surface area contributed by atoms with Gasteiger partial charge in [0.05, 0.1) is 5.75 Å². The molecular weight excluding hydrogens is 160 g/mol. The van der Waals surface area contributed by atoms with E-state index in [1.165, 1.54) is 11.8 Å². The Bertz CT molecular complexity index is 123. The molecule has 0 aliphatic rings. The summed E-state index contributed by atoms with van der Waals surface area (Å²) < 4.78 is 5.09. The summed E-state index contributed by atoms with van der Waals surface area (Å²) >= 11 is 1.49. The Labute approximate surface area is 72.7 Å². The van der Waals surface area contributed by atoms with Gasteiger partial charge in [0.1, 0.15) is 6.10 Å². The number of ether oxygens (including phenoxy) is 1. The summed E-state index contributed by atoms with van der Waals surface area (Å²) in [4.78, 5) is 10.9. The van der Waals surface area contributed by atoms with E-state index in [1.54, 1.807) is 0 Å². The molecule has 3 heteroatoms. The summed E-state index contributed by atoms with van der Waals surface area (Å²) in [7, 11) is 0. The van der Waals surface area contributed by atoms with Crippen LogP contribution in [-0.4, -0.2) is 24.1 Å². The van der Waals surface area contributed by atoms with Crippen LogP contribution >= 0.6 is 11.8 Å². The molecule has 0 saturated carbocycles. The zero-order valence-corrected chi connectivity index (χ0v) is 8.40. The molecule has 0 spiro atoms. The molecule has 0 N–H and O–H groups in total. The summed E-state index contributed by atoms with van der Waals surface area (Å²) in [5.74, 6) is 0.747. The van der Waals surface area contributed by atoms with Crippen LogP contribution in [0.4, 0.5) is 0 Å². The predicted molar refractivity (Wildman–Crippen MR) is 48.8 cm³/mol. The van der Waals surface area contributed by atoms with Crippen molar-refractivity contribution >= 4 is 17.7 Å². The second-order valence-electron chi connectivity index (χ2n) is 2.87. The molecule has 0 aliphatic carbocycles. The average Bonchev–Trinajstić information content (AvgIpc) is 1.87. The van der Waals surface area contributed by atoms with Crippen LogP contribution in [0.2, 0.25) is 0 Å². The first kappa shape index (κ1) is 10.8. The average molecular weight is 176 g/mol. The van der Waals surface area contributed by atoms with Crippen molar-refractivity contribution in [2.75, 3.05) is 12.0 Å². The van der Waals surface area contributed by atoms with Crippen molar-refractivity contribution < 1.29 is 9.53 Å². The number of hydrogen-bond donors (Lipinski definition) is 0. The minimum absolute atomic E-state index is 0.0367. The van der Waals surface area contributed by atoms with Gasteiger partial charge in [-0.3, -0.25) is 4.79 Å². The molecule has 0 aromatic heterocycles. The van der Waals surface area contributed by atoms with E-state index in [-0.39, 0.29) is 12.1 Å². The van der Waals surface area contributed by atoms with Crippen LogP contribution in [0.25, 0.3) is 0 Å². The fourth-order valence-electron chi connectivity index (χ4n) is 0.495. The summed E-state index contributed by atoms with van der Waals surface area (Å²) in [6.07, 6.45) is 1.93. The third kappa shape index (κ3) is 5.13. The Morgan fingerprint density at radius 1 is 1.45 bits per heavy atom. The molecule has 0 aliphatic heterocycles. The Balaban J connectivity index is 3.57. The number of hydrogen-bond acceptors (Lipinski definition) is 3. The van der Waals surface area contributed by atoms with Crippen LogP contribution in [0.3, 0.4) is 0 Å². The smallest absolute Gasteiger partial charge is 0.316 e. The molecule has 2 nitrogen and oxygen atoms in total. The van der Waals surface area contributed by atoms with E-state index in [4.69, 9.17) is 4.74 Å². The van der Waals surface area contributed by atoms with Crippen molar-refractivity contribution in [2.24, 2.45) is 5.92 Å². The minimum Gasteiger partial charge on any atom is -0.462 e. The van der Waals surface area contributed by atoms with Crippen LogP contribution in [0.5, 0.6) is 0 Å². The molecule has 0 fully saturated rings. The van der Waals surface area contributed by atoms with Gasteiger partial charge in [-0.15, -0.1) is 0 Å². The van der Waals surface area contributed by atoms with Gasteiger partial charge in [-0.25, -0.2) is 0 Å². The first-order valence-corrected chi connectivity index (χ1v) is 5.15. The van der Waals surface area contributed by atoms with Gasteiger partial charge in [0, 0.05) is 0 Å². The fourth-order valence-corrected chi connectivity index (χ4v) is 0.799. The minimum atomic E-state index is -0.112. The highest BCUT2D eigenvalue weighted by molar-refractivity contribution is 7.99. The lowest BCUT2D eigenvalue weighted by atomic mass is 10.1. The van der Waals surface area contributed by atoms with Gasteiger partial charge < -0.3 is 4.74 Å². The van der Waals surface area contributed by atoms with Crippen molar-refractivity contribution in [2.45, 2.75) is 26.9 Å². The Kier molecular flexibility index (Phi) is 5.38. The molecule has 0 heterocycles. The van der Waals surface area contributed by atoms with Gasteiger partial charge in [0.2, 0.25) is 0 Å². The predicted octanol–water partition coefficient (Wildman–Crippen LogP) is 1.94. The maximum absolute atomic E-state index is 10.9. The van der Waals surface area contributed by atoms with Gasteiger partial charge in [0.15, 0.2) is 0 Å². The van der Waals surface area contributed by atoms with E-state index < -0.39 is 0 Å². The quantitative estimate of drug-likeness (QED) is 0.612. The molecule has 0 amide bonds. The first-order valence-electron chi connectivity index (χ1n) is 3.76. The lowest BCUT2D eigenvalue weighted by Gasteiger charge is -2.15. The monoisotopic (exact) mass is 176 g/mol. The van der Waals surface area contributed by atoms with Gasteiger partial charge in [-0.2, -0.15) is 11.8 Å². The van der Waals surface area contributed by atoms with Gasteiger partial charge in [0.25, 0.3) is 0 Å². The lowest BCUT2D eigenvalue weighted by molar-refractivity contribution is -0.146. The Morgan fingerprint density at radius 2 is 2.00 bits per heavy atom. The van der Waals surface area contributed by atoms with Crippen LogP contribution in [0.1, 0.15) is 20.8 Å². The summed E-state index contributed by atoms with van der Waals surface area (Å²) in [5.41, 5.74) is 0. The molecule has 0 rings (SSSR count). The van der Waals surface area contributed by atoms with Crippen molar-refractivity contribution in [3.05, 3.63) is 0 Å². The van der Waals surface area contributed by atoms with E-state index in [9.17, 15) is 4.79 Å². The lowest BCUT2D eigenvalue weighted by Crippen LogP contribution is -2.21. The van der Waals surface area contributed by atoms with E-state index in [0.29, 0.717) is 11.7 Å². The third-order valence-electron chi connectivity index (χ3n) is 1.52. The van der Waals surface area contributed by atoms with Crippen molar-refractivity contribution in [1.82, 2.24) is 0 Å². The molecular formula is C8H16O2S. The molecule has 0 bridgehead atoms. The number of carbonyl (C=O) groups excluding carboxylic acids is 1. The molecule has 1 atom stereocenters. The van der Waals surface area contributed by atoms with E-state index in [0.717, 1.165) is 0 Å². The van der Waals surface area contributed by atoms with Crippen molar-refractivity contribution in [3.8, 4) is 0 Å². The van der Waals surface area contributed by atoms with Gasteiger partial charge in [-0.05, 0) is 19.1 Å². The first-order chi connectivity index (χ1) is 5.07. The maximum atomic E-state index is 10.9. The Morgan fingerprint density at radius 3 is 2.36 bits per heavy atom. The van der Waals surface area contributed by atoms with Gasteiger partial charge >= 0.3 is 5.97 Å². The van der Waals surface area contributed by atoms with Crippen LogP contribution in [-0.2, 0) is 9.53 Å². The SMILES string of the molecule is CSCC(=O)OC(C)C(C)C. The zero-order chi connectivity index (χ0) is 8.85. The molecule has 0 saturated heterocycles. The van der Waals surface area contributed by atoms with E-state index in [2.05, 4.69) is 0 Å². The third-order valence-corrected chi connectivity index (χ3v) is 2.04. The number of rotatable bonds is 4. The Hall–Kier alpha value is -0.180. The topological polar surface area (TPSA) is 26.3 Å². The van der Waals surface area contributed by atoms with Crippen molar-refractivity contribution in [3.63, 3.8) is 0 Å². The highest BCUT2D eigenvalue weighted by atomic mass is 32.2. The largest absolute Gasteiger partial charge is 0.462 e. The van der Waals surface area contributed by atoms with Crippen molar-refractivity contribution in [1.29, 1.82) is 0 Å². The molecule has 0 aromatic carbocycles.